The molecule has 1 aliphatic rings. The molecule has 1 amide bonds. The van der Waals surface area contributed by atoms with Gasteiger partial charge in [0.15, 0.2) is 0 Å². The van der Waals surface area contributed by atoms with Crippen LogP contribution in [0.3, 0.4) is 0 Å². The first-order chi connectivity index (χ1) is 7.83. The van der Waals surface area contributed by atoms with Crippen LogP contribution < -0.4 is 11.1 Å². The molecule has 0 aromatic heterocycles. The number of nitrogens with two attached hydrogens (primary N) is 1. The highest BCUT2D eigenvalue weighted by Crippen LogP contribution is 2.46. The maximum absolute atomic E-state index is 12.3. The van der Waals surface area contributed by atoms with E-state index in [0.717, 1.165) is 19.3 Å². The Hall–Kier alpha value is -0.640. The molecular formula is C13H24N2OS. The molecule has 3 N–H and O–H groups in total. The summed E-state index contributed by atoms with van der Waals surface area (Å²) in [6.07, 6.45) is 2.53. The van der Waals surface area contributed by atoms with E-state index in [0.29, 0.717) is 16.8 Å². The van der Waals surface area contributed by atoms with E-state index < -0.39 is 5.41 Å². The summed E-state index contributed by atoms with van der Waals surface area (Å²) in [7, 11) is 0. The Balaban J connectivity index is 2.71. The van der Waals surface area contributed by atoms with E-state index in [4.69, 9.17) is 18.0 Å². The lowest BCUT2D eigenvalue weighted by Crippen LogP contribution is -2.58. The second-order valence-corrected chi connectivity index (χ2v) is 6.13. The van der Waals surface area contributed by atoms with E-state index in [9.17, 15) is 4.79 Å². The Kier molecular flexibility index (Phi) is 4.53. The van der Waals surface area contributed by atoms with E-state index in [1.54, 1.807) is 0 Å². The van der Waals surface area contributed by atoms with Gasteiger partial charge in [0.25, 0.3) is 0 Å². The van der Waals surface area contributed by atoms with Crippen molar-refractivity contribution in [1.29, 1.82) is 0 Å². The fourth-order valence-corrected chi connectivity index (χ4v) is 2.93. The first kappa shape index (κ1) is 14.4. The van der Waals surface area contributed by atoms with Gasteiger partial charge in [-0.15, -0.1) is 0 Å². The van der Waals surface area contributed by atoms with Gasteiger partial charge in [0, 0.05) is 6.04 Å². The van der Waals surface area contributed by atoms with E-state index in [1.807, 2.05) is 0 Å². The maximum atomic E-state index is 12.3. The lowest BCUT2D eigenvalue weighted by Gasteiger charge is -2.45. The molecule has 0 aromatic rings. The van der Waals surface area contributed by atoms with Crippen LogP contribution in [0.2, 0.25) is 0 Å². The average Bonchev–Trinajstić information content (AvgIpc) is 2.19. The highest BCUT2D eigenvalue weighted by atomic mass is 32.1. The fraction of sp³-hybridized carbons (Fsp3) is 0.846. The number of rotatable bonds is 5. The predicted molar refractivity (Wildman–Crippen MR) is 74.7 cm³/mol. The lowest BCUT2D eigenvalue weighted by atomic mass is 9.62. The van der Waals surface area contributed by atoms with Crippen LogP contribution in [-0.4, -0.2) is 16.9 Å². The van der Waals surface area contributed by atoms with Gasteiger partial charge in [-0.3, -0.25) is 4.79 Å². The van der Waals surface area contributed by atoms with Gasteiger partial charge < -0.3 is 11.1 Å². The number of amides is 1. The van der Waals surface area contributed by atoms with Crippen LogP contribution in [0.25, 0.3) is 0 Å². The van der Waals surface area contributed by atoms with Crippen LogP contribution in [-0.2, 0) is 4.79 Å². The molecule has 98 valence electrons. The number of hydrogen-bond acceptors (Lipinski definition) is 2. The van der Waals surface area contributed by atoms with Gasteiger partial charge in [-0.05, 0) is 31.1 Å². The van der Waals surface area contributed by atoms with Crippen molar-refractivity contribution in [2.75, 3.05) is 0 Å². The number of hydrogen-bond donors (Lipinski definition) is 2. The average molecular weight is 256 g/mol. The minimum absolute atomic E-state index is 0.0312. The van der Waals surface area contributed by atoms with Crippen molar-refractivity contribution in [3.8, 4) is 0 Å². The summed E-state index contributed by atoms with van der Waals surface area (Å²) >= 11 is 5.08. The molecule has 0 aromatic carbocycles. The van der Waals surface area contributed by atoms with Gasteiger partial charge in [-0.1, -0.05) is 39.9 Å². The normalized spacial score (nSPS) is 29.6. The molecular weight excluding hydrogens is 232 g/mol. The molecule has 0 bridgehead atoms. The Bertz CT molecular complexity index is 309. The molecule has 4 heteroatoms. The van der Waals surface area contributed by atoms with Crippen molar-refractivity contribution in [1.82, 2.24) is 5.32 Å². The summed E-state index contributed by atoms with van der Waals surface area (Å²) in [5, 5.41) is 3.10. The van der Waals surface area contributed by atoms with Crippen LogP contribution in [0.4, 0.5) is 0 Å². The van der Waals surface area contributed by atoms with Crippen LogP contribution in [0.1, 0.15) is 47.0 Å². The largest absolute Gasteiger partial charge is 0.392 e. The topological polar surface area (TPSA) is 55.1 Å². The highest BCUT2D eigenvalue weighted by molar-refractivity contribution is 7.80. The molecule has 1 rings (SSSR count). The molecule has 17 heavy (non-hydrogen) atoms. The third-order valence-corrected chi connectivity index (χ3v) is 4.25. The molecule has 1 fully saturated rings. The highest BCUT2D eigenvalue weighted by Gasteiger charge is 2.51. The summed E-state index contributed by atoms with van der Waals surface area (Å²) in [5.41, 5.74) is 5.19. The summed E-state index contributed by atoms with van der Waals surface area (Å²) in [6, 6.07) is 0.213. The third-order valence-electron chi connectivity index (χ3n) is 3.86. The molecule has 3 nitrogen and oxygen atoms in total. The van der Waals surface area contributed by atoms with Crippen molar-refractivity contribution in [3.05, 3.63) is 0 Å². The lowest BCUT2D eigenvalue weighted by molar-refractivity contribution is -0.134. The zero-order chi connectivity index (χ0) is 13.2. The Morgan fingerprint density at radius 1 is 1.53 bits per heavy atom. The SMILES string of the molecule is CCC(NC(=O)C1(C(N)=S)CC(C)C1)C(C)C. The van der Waals surface area contributed by atoms with Crippen molar-refractivity contribution in [2.45, 2.75) is 53.0 Å². The summed E-state index contributed by atoms with van der Waals surface area (Å²) in [6.45, 7) is 8.45. The molecule has 1 aliphatic carbocycles. The Labute approximate surface area is 110 Å². The van der Waals surface area contributed by atoms with E-state index in [1.165, 1.54) is 0 Å². The van der Waals surface area contributed by atoms with Crippen LogP contribution in [0.15, 0.2) is 0 Å². The molecule has 0 heterocycles. The minimum atomic E-state index is -0.572. The van der Waals surface area contributed by atoms with Gasteiger partial charge in [0.2, 0.25) is 5.91 Å². The zero-order valence-corrected chi connectivity index (χ0v) is 12.1. The Morgan fingerprint density at radius 3 is 2.35 bits per heavy atom. The van der Waals surface area contributed by atoms with Crippen molar-refractivity contribution < 1.29 is 4.79 Å². The fourth-order valence-electron chi connectivity index (χ4n) is 2.68. The molecule has 0 spiro atoms. The van der Waals surface area contributed by atoms with Crippen molar-refractivity contribution in [3.63, 3.8) is 0 Å². The van der Waals surface area contributed by atoms with Crippen molar-refractivity contribution >= 4 is 23.1 Å². The van der Waals surface area contributed by atoms with E-state index >= 15 is 0 Å². The van der Waals surface area contributed by atoms with Gasteiger partial charge >= 0.3 is 0 Å². The number of carbonyl (C=O) groups is 1. The molecule has 0 saturated heterocycles. The van der Waals surface area contributed by atoms with Crippen LogP contribution >= 0.6 is 12.2 Å². The van der Waals surface area contributed by atoms with E-state index in [2.05, 4.69) is 33.0 Å². The van der Waals surface area contributed by atoms with Gasteiger partial charge in [0.05, 0.1) is 10.4 Å². The summed E-state index contributed by atoms with van der Waals surface area (Å²) in [4.78, 5) is 12.7. The molecule has 0 radical (unpaired) electrons. The first-order valence-corrected chi connectivity index (χ1v) is 6.85. The predicted octanol–water partition coefficient (Wildman–Crippen LogP) is 2.24. The van der Waals surface area contributed by atoms with Crippen LogP contribution in [0.5, 0.6) is 0 Å². The quantitative estimate of drug-likeness (QED) is 0.742. The smallest absolute Gasteiger partial charge is 0.233 e. The molecule has 1 saturated carbocycles. The zero-order valence-electron chi connectivity index (χ0n) is 11.2. The van der Waals surface area contributed by atoms with Gasteiger partial charge in [-0.2, -0.15) is 0 Å². The summed E-state index contributed by atoms with van der Waals surface area (Å²) < 4.78 is 0. The standard InChI is InChI=1S/C13H24N2OS/c1-5-10(8(2)3)15-12(16)13(11(14)17)6-9(4)7-13/h8-10H,5-7H2,1-4H3,(H2,14,17)(H,15,16). The first-order valence-electron chi connectivity index (χ1n) is 6.44. The van der Waals surface area contributed by atoms with Crippen molar-refractivity contribution in [2.24, 2.45) is 23.0 Å². The van der Waals surface area contributed by atoms with E-state index in [-0.39, 0.29) is 11.9 Å². The Morgan fingerprint density at radius 2 is 2.06 bits per heavy atom. The van der Waals surface area contributed by atoms with Gasteiger partial charge in [0.1, 0.15) is 0 Å². The van der Waals surface area contributed by atoms with Crippen LogP contribution in [0, 0.1) is 17.3 Å². The summed E-state index contributed by atoms with van der Waals surface area (Å²) in [5.74, 6) is 1.01. The third kappa shape index (κ3) is 2.79. The molecule has 0 aliphatic heterocycles. The number of carbonyl (C=O) groups excluding carboxylic acids is 1. The molecule has 1 atom stereocenters. The second kappa shape index (κ2) is 5.34. The molecule has 1 unspecified atom stereocenters. The maximum Gasteiger partial charge on any atom is 0.233 e. The number of thiocarbonyl (C=S) groups is 1. The minimum Gasteiger partial charge on any atom is -0.392 e. The second-order valence-electron chi connectivity index (χ2n) is 5.69. The van der Waals surface area contributed by atoms with Gasteiger partial charge in [-0.25, -0.2) is 0 Å². The monoisotopic (exact) mass is 256 g/mol. The number of nitrogens with one attached hydrogen (secondary N) is 1.